The normalized spacial score (nSPS) is 14.8. The number of carbonyl (C=O) groups is 4. The molecule has 1 aliphatic carbocycles. The summed E-state index contributed by atoms with van der Waals surface area (Å²) in [7, 11) is 0. The number of phenols is 1. The fourth-order valence-electron chi connectivity index (χ4n) is 4.91. The van der Waals surface area contributed by atoms with Gasteiger partial charge in [0, 0.05) is 23.6 Å². The van der Waals surface area contributed by atoms with Gasteiger partial charge in [-0.15, -0.1) is 0 Å². The summed E-state index contributed by atoms with van der Waals surface area (Å²) in [5, 5.41) is 22.5. The van der Waals surface area contributed by atoms with E-state index in [0.29, 0.717) is 23.7 Å². The Morgan fingerprint density at radius 2 is 1.69 bits per heavy atom. The number of nitrogens with zero attached hydrogens (tertiary/aromatic N) is 1. The number of H-pyrrole nitrogens is 1. The van der Waals surface area contributed by atoms with Crippen LogP contribution >= 0.6 is 0 Å². The van der Waals surface area contributed by atoms with Crippen LogP contribution in [-0.4, -0.2) is 56.3 Å². The van der Waals surface area contributed by atoms with Crippen molar-refractivity contribution in [1.29, 1.82) is 0 Å². The molecule has 1 saturated carbocycles. The van der Waals surface area contributed by atoms with Gasteiger partial charge in [0.1, 0.15) is 18.3 Å². The number of para-hydroxylation sites is 1. The van der Waals surface area contributed by atoms with Gasteiger partial charge in [-0.3, -0.25) is 19.2 Å². The smallest absolute Gasteiger partial charge is 0.323 e. The molecule has 1 heterocycles. The first-order valence-electron chi connectivity index (χ1n) is 12.0. The largest absolute Gasteiger partial charge is 0.508 e. The van der Waals surface area contributed by atoms with Crippen molar-refractivity contribution in [1.82, 2.24) is 15.2 Å². The first kappa shape index (κ1) is 25.0. The summed E-state index contributed by atoms with van der Waals surface area (Å²) in [6.07, 6.45) is 5.46. The fourth-order valence-corrected chi connectivity index (χ4v) is 4.91. The van der Waals surface area contributed by atoms with Gasteiger partial charge in [-0.25, -0.2) is 0 Å². The lowest BCUT2D eigenvalue weighted by atomic mass is 9.82. The van der Waals surface area contributed by atoms with Gasteiger partial charge < -0.3 is 25.4 Å². The number of fused-ring (bicyclic) bond motifs is 1. The summed E-state index contributed by atoms with van der Waals surface area (Å²) < 4.78 is 0. The highest BCUT2D eigenvalue weighted by atomic mass is 16.4. The topological polar surface area (TPSA) is 140 Å². The van der Waals surface area contributed by atoms with E-state index in [1.54, 1.807) is 36.4 Å². The van der Waals surface area contributed by atoms with E-state index < -0.39 is 36.2 Å². The van der Waals surface area contributed by atoms with E-state index in [9.17, 15) is 29.4 Å². The number of hydrogen-bond acceptors (Lipinski definition) is 5. The third-order valence-electron chi connectivity index (χ3n) is 6.70. The number of aromatic amines is 1. The molecule has 1 unspecified atom stereocenters. The third kappa shape index (κ3) is 5.56. The second kappa shape index (κ2) is 11.1. The van der Waals surface area contributed by atoms with E-state index in [4.69, 9.17) is 0 Å². The lowest BCUT2D eigenvalue weighted by Crippen LogP contribution is -2.56. The zero-order chi connectivity index (χ0) is 25.7. The van der Waals surface area contributed by atoms with Crippen molar-refractivity contribution in [2.75, 3.05) is 6.54 Å². The predicted octanol–water partition coefficient (Wildman–Crippen LogP) is 3.23. The second-order valence-electron chi connectivity index (χ2n) is 9.13. The molecule has 1 aromatic heterocycles. The Balaban J connectivity index is 1.63. The molecule has 1 fully saturated rings. The van der Waals surface area contributed by atoms with Crippen LogP contribution in [0.4, 0.5) is 0 Å². The van der Waals surface area contributed by atoms with Crippen LogP contribution in [0.15, 0.2) is 54.7 Å². The van der Waals surface area contributed by atoms with Gasteiger partial charge in [-0.2, -0.15) is 0 Å². The zero-order valence-corrected chi connectivity index (χ0v) is 19.8. The molecule has 1 aliphatic rings. The number of ketones is 1. The summed E-state index contributed by atoms with van der Waals surface area (Å²) in [6.45, 7) is -0.630. The van der Waals surface area contributed by atoms with Crippen molar-refractivity contribution in [3.05, 3.63) is 65.9 Å². The number of carboxylic acids is 1. The van der Waals surface area contributed by atoms with Gasteiger partial charge >= 0.3 is 5.97 Å². The average Bonchev–Trinajstić information content (AvgIpc) is 3.32. The molecule has 9 heteroatoms. The van der Waals surface area contributed by atoms with E-state index in [1.165, 1.54) is 18.3 Å². The van der Waals surface area contributed by atoms with Crippen LogP contribution in [-0.2, 0) is 20.9 Å². The lowest BCUT2D eigenvalue weighted by molar-refractivity contribution is -0.148. The van der Waals surface area contributed by atoms with Crippen molar-refractivity contribution in [2.45, 2.75) is 44.7 Å². The van der Waals surface area contributed by atoms with Crippen LogP contribution in [0.1, 0.15) is 48.0 Å². The number of aromatic nitrogens is 1. The molecule has 0 bridgehead atoms. The van der Waals surface area contributed by atoms with Crippen molar-refractivity contribution in [2.24, 2.45) is 5.92 Å². The molecule has 188 valence electrons. The number of hydrogen-bond donors (Lipinski definition) is 4. The first-order chi connectivity index (χ1) is 17.3. The maximum absolute atomic E-state index is 13.5. The Morgan fingerprint density at radius 3 is 2.39 bits per heavy atom. The highest BCUT2D eigenvalue weighted by Gasteiger charge is 2.40. The number of phenolic OH excluding ortho intramolecular Hbond substituents is 1. The molecule has 4 rings (SSSR count). The minimum atomic E-state index is -1.30. The van der Waals surface area contributed by atoms with Gasteiger partial charge in [-0.1, -0.05) is 49.6 Å². The molecule has 0 spiro atoms. The molecule has 2 amide bonds. The molecule has 36 heavy (non-hydrogen) atoms. The molecule has 2 aromatic carbocycles. The zero-order valence-electron chi connectivity index (χ0n) is 19.8. The quantitative estimate of drug-likeness (QED) is 0.268. The van der Waals surface area contributed by atoms with Crippen LogP contribution in [0.3, 0.4) is 0 Å². The molecule has 3 aromatic rings. The molecule has 0 saturated heterocycles. The number of amides is 2. The van der Waals surface area contributed by atoms with Crippen LogP contribution < -0.4 is 5.32 Å². The first-order valence-corrected chi connectivity index (χ1v) is 12.0. The number of aliphatic carboxylic acids is 1. The number of nitrogens with one attached hydrogen (secondary N) is 2. The maximum atomic E-state index is 13.5. The monoisotopic (exact) mass is 491 g/mol. The summed E-state index contributed by atoms with van der Waals surface area (Å²) in [6, 6.07) is 12.2. The molecule has 0 aliphatic heterocycles. The Bertz CT molecular complexity index is 1260. The van der Waals surface area contributed by atoms with Gasteiger partial charge in [-0.05, 0) is 42.5 Å². The van der Waals surface area contributed by atoms with Crippen LogP contribution in [0.25, 0.3) is 10.9 Å². The van der Waals surface area contributed by atoms with Crippen LogP contribution in [0, 0.1) is 5.92 Å². The van der Waals surface area contributed by atoms with E-state index in [1.807, 2.05) is 0 Å². The van der Waals surface area contributed by atoms with E-state index >= 15 is 0 Å². The Labute approximate surface area is 208 Å². The van der Waals surface area contributed by atoms with Crippen molar-refractivity contribution >= 4 is 34.5 Å². The minimum Gasteiger partial charge on any atom is -0.508 e. The number of carbonyl (C=O) groups excluding carboxylic acids is 3. The predicted molar refractivity (Wildman–Crippen MR) is 132 cm³/mol. The average molecular weight is 492 g/mol. The molecule has 9 nitrogen and oxygen atoms in total. The van der Waals surface area contributed by atoms with Crippen LogP contribution in [0.2, 0.25) is 0 Å². The standard InChI is InChI=1S/C27H29N3O6/c31-19-12-10-17(11-13-19)14-29-26(35)24(18-6-2-1-3-7-18)30(16-23(32)33)27(36)25(34)21-15-28-22-9-5-4-8-20(21)22/h4-5,8-13,15,18,24,28,31H,1-3,6-7,14,16H2,(H,29,35)(H,32,33). The Hall–Kier alpha value is -4.14. The van der Waals surface area contributed by atoms with Gasteiger partial charge in [0.15, 0.2) is 0 Å². The summed E-state index contributed by atoms with van der Waals surface area (Å²) in [5.41, 5.74) is 1.54. The number of aromatic hydroxyl groups is 1. The SMILES string of the molecule is O=C(O)CN(C(=O)C(=O)c1c[nH]c2ccccc12)C(C(=O)NCc1ccc(O)cc1)C1CCCCC1. The van der Waals surface area contributed by atoms with Gasteiger partial charge in [0.05, 0.1) is 5.56 Å². The van der Waals surface area contributed by atoms with E-state index in [2.05, 4.69) is 10.3 Å². The molecular weight excluding hydrogens is 462 g/mol. The number of Topliss-reactive ketones (excluding diaryl/α,β-unsaturated/α-hetero) is 1. The van der Waals surface area contributed by atoms with Gasteiger partial charge in [0.2, 0.25) is 5.91 Å². The van der Waals surface area contributed by atoms with Crippen molar-refractivity contribution in [3.8, 4) is 5.75 Å². The lowest BCUT2D eigenvalue weighted by Gasteiger charge is -2.36. The molecule has 1 atom stereocenters. The Morgan fingerprint density at radius 1 is 1.00 bits per heavy atom. The highest BCUT2D eigenvalue weighted by molar-refractivity contribution is 6.45. The number of carboxylic acid groups (broad SMARTS) is 1. The summed E-state index contributed by atoms with van der Waals surface area (Å²) >= 11 is 0. The van der Waals surface area contributed by atoms with Crippen molar-refractivity contribution in [3.63, 3.8) is 0 Å². The maximum Gasteiger partial charge on any atom is 0.323 e. The van der Waals surface area contributed by atoms with E-state index in [0.717, 1.165) is 29.7 Å². The van der Waals surface area contributed by atoms with Crippen molar-refractivity contribution < 1.29 is 29.4 Å². The highest BCUT2D eigenvalue weighted by Crippen LogP contribution is 2.30. The third-order valence-corrected chi connectivity index (χ3v) is 6.70. The minimum absolute atomic E-state index is 0.0965. The summed E-state index contributed by atoms with van der Waals surface area (Å²) in [4.78, 5) is 56.0. The van der Waals surface area contributed by atoms with E-state index in [-0.39, 0.29) is 23.8 Å². The molecule has 4 N–H and O–H groups in total. The van der Waals surface area contributed by atoms with Gasteiger partial charge in [0.25, 0.3) is 11.7 Å². The molecule has 0 radical (unpaired) electrons. The Kier molecular flexibility index (Phi) is 7.68. The number of benzene rings is 2. The van der Waals surface area contributed by atoms with Crippen LogP contribution in [0.5, 0.6) is 5.75 Å². The molecular formula is C27H29N3O6. The summed E-state index contributed by atoms with van der Waals surface area (Å²) in [5.74, 6) is -3.85. The fraction of sp³-hybridized carbons (Fsp3) is 0.333. The number of rotatable bonds is 9. The second-order valence-corrected chi connectivity index (χ2v) is 9.13.